The van der Waals surface area contributed by atoms with Gasteiger partial charge in [0.2, 0.25) is 0 Å². The van der Waals surface area contributed by atoms with Crippen LogP contribution < -0.4 is 4.74 Å². The SMILES string of the molecule is CCOc1ccc(-c2nc(C)sc2CCl)cc1. The summed E-state index contributed by atoms with van der Waals surface area (Å²) in [5.41, 5.74) is 2.08. The molecule has 0 radical (unpaired) electrons. The maximum absolute atomic E-state index is 5.92. The highest BCUT2D eigenvalue weighted by Gasteiger charge is 2.10. The van der Waals surface area contributed by atoms with Crippen molar-refractivity contribution in [1.29, 1.82) is 0 Å². The number of alkyl halides is 1. The second kappa shape index (κ2) is 5.52. The van der Waals surface area contributed by atoms with Crippen LogP contribution in [0.15, 0.2) is 24.3 Å². The lowest BCUT2D eigenvalue weighted by molar-refractivity contribution is 0.340. The number of benzene rings is 1. The van der Waals surface area contributed by atoms with Gasteiger partial charge in [-0.2, -0.15) is 0 Å². The van der Waals surface area contributed by atoms with E-state index in [0.29, 0.717) is 12.5 Å². The number of nitrogens with zero attached hydrogens (tertiary/aromatic N) is 1. The molecule has 0 N–H and O–H groups in total. The third-order valence-corrected chi connectivity index (χ3v) is 3.76. The average molecular weight is 268 g/mol. The molecule has 2 rings (SSSR count). The van der Waals surface area contributed by atoms with Gasteiger partial charge in [0.05, 0.1) is 23.2 Å². The minimum atomic E-state index is 0.508. The van der Waals surface area contributed by atoms with Crippen molar-refractivity contribution in [2.75, 3.05) is 6.61 Å². The fourth-order valence-corrected chi connectivity index (χ4v) is 2.76. The largest absolute Gasteiger partial charge is 0.494 e. The van der Waals surface area contributed by atoms with Gasteiger partial charge in [0, 0.05) is 10.4 Å². The lowest BCUT2D eigenvalue weighted by Gasteiger charge is -2.04. The molecule has 0 saturated heterocycles. The van der Waals surface area contributed by atoms with Gasteiger partial charge < -0.3 is 4.74 Å². The molecule has 0 bridgehead atoms. The molecule has 2 aromatic rings. The Bertz CT molecular complexity index is 493. The summed E-state index contributed by atoms with van der Waals surface area (Å²) in [6.45, 7) is 4.66. The van der Waals surface area contributed by atoms with E-state index in [0.717, 1.165) is 26.9 Å². The van der Waals surface area contributed by atoms with Crippen LogP contribution in [0.4, 0.5) is 0 Å². The monoisotopic (exact) mass is 267 g/mol. The van der Waals surface area contributed by atoms with Gasteiger partial charge in [-0.3, -0.25) is 0 Å². The quantitative estimate of drug-likeness (QED) is 0.773. The van der Waals surface area contributed by atoms with Crippen molar-refractivity contribution in [1.82, 2.24) is 4.98 Å². The Labute approximate surface area is 110 Å². The van der Waals surface area contributed by atoms with E-state index in [1.165, 1.54) is 0 Å². The normalized spacial score (nSPS) is 10.5. The second-order valence-corrected chi connectivity index (χ2v) is 5.15. The van der Waals surface area contributed by atoms with Crippen LogP contribution in [0.2, 0.25) is 0 Å². The Morgan fingerprint density at radius 2 is 2.00 bits per heavy atom. The molecule has 1 heterocycles. The van der Waals surface area contributed by atoms with E-state index in [4.69, 9.17) is 16.3 Å². The van der Waals surface area contributed by atoms with Crippen molar-refractivity contribution < 1.29 is 4.74 Å². The van der Waals surface area contributed by atoms with Crippen LogP contribution >= 0.6 is 22.9 Å². The zero-order chi connectivity index (χ0) is 12.3. The fraction of sp³-hybridized carbons (Fsp3) is 0.308. The minimum Gasteiger partial charge on any atom is -0.494 e. The van der Waals surface area contributed by atoms with Gasteiger partial charge in [0.15, 0.2) is 0 Å². The summed E-state index contributed by atoms with van der Waals surface area (Å²) < 4.78 is 5.41. The summed E-state index contributed by atoms with van der Waals surface area (Å²) in [7, 11) is 0. The van der Waals surface area contributed by atoms with E-state index in [2.05, 4.69) is 4.98 Å². The minimum absolute atomic E-state index is 0.508. The molecule has 0 fully saturated rings. The summed E-state index contributed by atoms with van der Waals surface area (Å²) in [6.07, 6.45) is 0. The highest BCUT2D eigenvalue weighted by Crippen LogP contribution is 2.30. The predicted octanol–water partition coefficient (Wildman–Crippen LogP) is 4.26. The number of hydrogen-bond donors (Lipinski definition) is 0. The van der Waals surface area contributed by atoms with E-state index >= 15 is 0 Å². The predicted molar refractivity (Wildman–Crippen MR) is 73.0 cm³/mol. The molecule has 0 unspecified atom stereocenters. The van der Waals surface area contributed by atoms with Crippen LogP contribution in [0.25, 0.3) is 11.3 Å². The number of halogens is 1. The van der Waals surface area contributed by atoms with Gasteiger partial charge in [-0.15, -0.1) is 22.9 Å². The number of hydrogen-bond acceptors (Lipinski definition) is 3. The van der Waals surface area contributed by atoms with Crippen molar-refractivity contribution in [3.8, 4) is 17.0 Å². The van der Waals surface area contributed by atoms with E-state index in [1.54, 1.807) is 11.3 Å². The number of ether oxygens (including phenoxy) is 1. The van der Waals surface area contributed by atoms with E-state index in [9.17, 15) is 0 Å². The van der Waals surface area contributed by atoms with Crippen LogP contribution in [-0.2, 0) is 5.88 Å². The molecule has 17 heavy (non-hydrogen) atoms. The third kappa shape index (κ3) is 2.79. The molecule has 0 aliphatic rings. The Hall–Kier alpha value is -1.06. The third-order valence-electron chi connectivity index (χ3n) is 2.36. The molecule has 0 aliphatic heterocycles. The smallest absolute Gasteiger partial charge is 0.119 e. The standard InChI is InChI=1S/C13H14ClNOS/c1-3-16-11-6-4-10(5-7-11)13-12(8-14)17-9(2)15-13/h4-7H,3,8H2,1-2H3. The number of thiazole rings is 1. The zero-order valence-electron chi connectivity index (χ0n) is 9.87. The maximum atomic E-state index is 5.92. The molecule has 0 saturated carbocycles. The van der Waals surface area contributed by atoms with Crippen molar-refractivity contribution >= 4 is 22.9 Å². The Kier molecular flexibility index (Phi) is 4.02. The van der Waals surface area contributed by atoms with E-state index in [-0.39, 0.29) is 0 Å². The van der Waals surface area contributed by atoms with Crippen LogP contribution in [0.3, 0.4) is 0 Å². The van der Waals surface area contributed by atoms with Crippen molar-refractivity contribution in [3.63, 3.8) is 0 Å². The lowest BCUT2D eigenvalue weighted by Crippen LogP contribution is -1.91. The van der Waals surface area contributed by atoms with Gasteiger partial charge >= 0.3 is 0 Å². The Morgan fingerprint density at radius 1 is 1.29 bits per heavy atom. The highest BCUT2D eigenvalue weighted by atomic mass is 35.5. The first-order chi connectivity index (χ1) is 8.24. The molecule has 4 heteroatoms. The number of aryl methyl sites for hydroxylation is 1. The molecule has 90 valence electrons. The van der Waals surface area contributed by atoms with Gasteiger partial charge in [0.25, 0.3) is 0 Å². The summed E-state index contributed by atoms with van der Waals surface area (Å²) in [6, 6.07) is 7.97. The summed E-state index contributed by atoms with van der Waals surface area (Å²) >= 11 is 7.57. The molecule has 0 spiro atoms. The van der Waals surface area contributed by atoms with Crippen molar-refractivity contribution in [3.05, 3.63) is 34.2 Å². The first-order valence-electron chi connectivity index (χ1n) is 5.50. The molecular weight excluding hydrogens is 254 g/mol. The summed E-state index contributed by atoms with van der Waals surface area (Å²) in [4.78, 5) is 5.64. The Balaban J connectivity index is 2.32. The summed E-state index contributed by atoms with van der Waals surface area (Å²) in [5.74, 6) is 1.39. The lowest BCUT2D eigenvalue weighted by atomic mass is 10.1. The van der Waals surface area contributed by atoms with Gasteiger partial charge in [-0.1, -0.05) is 0 Å². The van der Waals surface area contributed by atoms with Crippen LogP contribution in [0.5, 0.6) is 5.75 Å². The zero-order valence-corrected chi connectivity index (χ0v) is 11.4. The van der Waals surface area contributed by atoms with Crippen LogP contribution in [0.1, 0.15) is 16.8 Å². The number of rotatable bonds is 4. The van der Waals surface area contributed by atoms with Crippen LogP contribution in [0, 0.1) is 6.92 Å². The first kappa shape index (κ1) is 12.4. The molecule has 2 nitrogen and oxygen atoms in total. The van der Waals surface area contributed by atoms with Crippen molar-refractivity contribution in [2.24, 2.45) is 0 Å². The maximum Gasteiger partial charge on any atom is 0.119 e. The fourth-order valence-electron chi connectivity index (χ4n) is 1.66. The van der Waals surface area contributed by atoms with Gasteiger partial charge in [-0.05, 0) is 38.1 Å². The second-order valence-electron chi connectivity index (χ2n) is 3.60. The van der Waals surface area contributed by atoms with E-state index < -0.39 is 0 Å². The molecule has 0 amide bonds. The average Bonchev–Trinajstić information content (AvgIpc) is 2.72. The van der Waals surface area contributed by atoms with E-state index in [1.807, 2.05) is 38.1 Å². The molecule has 1 aromatic carbocycles. The molecule has 0 atom stereocenters. The van der Waals surface area contributed by atoms with Crippen LogP contribution in [-0.4, -0.2) is 11.6 Å². The van der Waals surface area contributed by atoms with Gasteiger partial charge in [0.1, 0.15) is 5.75 Å². The molecule has 1 aromatic heterocycles. The van der Waals surface area contributed by atoms with Gasteiger partial charge in [-0.25, -0.2) is 4.98 Å². The van der Waals surface area contributed by atoms with Crippen molar-refractivity contribution in [2.45, 2.75) is 19.7 Å². The topological polar surface area (TPSA) is 22.1 Å². The molecule has 0 aliphatic carbocycles. The highest BCUT2D eigenvalue weighted by molar-refractivity contribution is 7.12. The summed E-state index contributed by atoms with van der Waals surface area (Å²) in [5, 5.41) is 1.05. The Morgan fingerprint density at radius 3 is 2.59 bits per heavy atom. The first-order valence-corrected chi connectivity index (χ1v) is 6.85. The number of aromatic nitrogens is 1. The molecular formula is C13H14ClNOS.